The molecule has 2 rings (SSSR count). The lowest BCUT2D eigenvalue weighted by atomic mass is 10.2. The van der Waals surface area contributed by atoms with Crippen LogP contribution in [0.3, 0.4) is 0 Å². The molecule has 5 heteroatoms. The minimum atomic E-state index is -0.574. The zero-order chi connectivity index (χ0) is 13.8. The zero-order valence-electron chi connectivity index (χ0n) is 10.3. The van der Waals surface area contributed by atoms with E-state index in [0.717, 1.165) is 5.56 Å². The molecule has 1 N–H and O–H groups in total. The number of Topliss-reactive ketones (excluding diaryl/α,β-unsaturated/α-hetero) is 1. The first kappa shape index (κ1) is 14.1. The molecule has 0 saturated heterocycles. The molecule has 1 atom stereocenters. The van der Waals surface area contributed by atoms with E-state index in [4.69, 9.17) is 21.4 Å². The van der Waals surface area contributed by atoms with E-state index in [2.05, 4.69) is 0 Å². The summed E-state index contributed by atoms with van der Waals surface area (Å²) in [5.74, 6) is 0.504. The van der Waals surface area contributed by atoms with Crippen LogP contribution in [0.5, 0.6) is 5.75 Å². The molecule has 2 aromatic rings. The monoisotopic (exact) mass is 296 g/mol. The molecule has 0 aliphatic rings. The highest BCUT2D eigenvalue weighted by Crippen LogP contribution is 2.24. The molecule has 0 amide bonds. The predicted molar refractivity (Wildman–Crippen MR) is 76.1 cm³/mol. The van der Waals surface area contributed by atoms with Gasteiger partial charge in [-0.1, -0.05) is 23.7 Å². The first-order chi connectivity index (χ1) is 9.10. The first-order valence-corrected chi connectivity index (χ1v) is 6.95. The second-order valence-corrected chi connectivity index (χ2v) is 5.75. The maximum atomic E-state index is 12.1. The smallest absolute Gasteiger partial charge is 0.212 e. The van der Waals surface area contributed by atoms with Gasteiger partial charge < -0.3 is 9.84 Å². The molecule has 1 heterocycles. The van der Waals surface area contributed by atoms with E-state index in [1.165, 1.54) is 11.3 Å². The quantitative estimate of drug-likeness (QED) is 0.858. The van der Waals surface area contributed by atoms with Crippen molar-refractivity contribution in [3.8, 4) is 5.75 Å². The average molecular weight is 297 g/mol. The van der Waals surface area contributed by atoms with E-state index < -0.39 is 6.10 Å². The van der Waals surface area contributed by atoms with Gasteiger partial charge in [0.25, 0.3) is 0 Å². The van der Waals surface area contributed by atoms with Gasteiger partial charge in [0.1, 0.15) is 5.75 Å². The minimum absolute atomic E-state index is 0.0114. The van der Waals surface area contributed by atoms with Crippen LogP contribution in [0.4, 0.5) is 0 Å². The van der Waals surface area contributed by atoms with E-state index in [0.29, 0.717) is 15.0 Å². The molecule has 0 aliphatic carbocycles. The Kier molecular flexibility index (Phi) is 4.58. The van der Waals surface area contributed by atoms with Crippen LogP contribution >= 0.6 is 22.9 Å². The largest absolute Gasteiger partial charge is 0.483 e. The van der Waals surface area contributed by atoms with Crippen LogP contribution < -0.4 is 4.74 Å². The zero-order valence-corrected chi connectivity index (χ0v) is 11.9. The number of ether oxygens (including phenoxy) is 1. The first-order valence-electron chi connectivity index (χ1n) is 5.76. The fourth-order valence-electron chi connectivity index (χ4n) is 1.58. The van der Waals surface area contributed by atoms with Crippen LogP contribution in [0.15, 0.2) is 36.4 Å². The van der Waals surface area contributed by atoms with Gasteiger partial charge in [0.15, 0.2) is 6.10 Å². The van der Waals surface area contributed by atoms with Crippen LogP contribution in [-0.4, -0.2) is 17.0 Å². The Bertz CT molecular complexity index is 562. The molecule has 100 valence electrons. The van der Waals surface area contributed by atoms with Crippen molar-refractivity contribution >= 4 is 28.7 Å². The number of rotatable bonds is 5. The SMILES string of the molecule is CC(Oc1ccc(CO)cc1)C(=O)c1ccc(Cl)s1. The summed E-state index contributed by atoms with van der Waals surface area (Å²) in [4.78, 5) is 12.7. The third-order valence-corrected chi connectivity index (χ3v) is 3.85. The maximum absolute atomic E-state index is 12.1. The summed E-state index contributed by atoms with van der Waals surface area (Å²) in [5.41, 5.74) is 0.802. The molecule has 3 nitrogen and oxygen atoms in total. The molecule has 1 aromatic heterocycles. The maximum Gasteiger partial charge on any atom is 0.212 e. The third kappa shape index (κ3) is 3.56. The predicted octanol–water partition coefficient (Wildman–Crippen LogP) is 3.54. The molecule has 0 spiro atoms. The van der Waals surface area contributed by atoms with E-state index in [9.17, 15) is 4.79 Å². The number of aliphatic hydroxyl groups excluding tert-OH is 1. The Morgan fingerprint density at radius 2 is 2.00 bits per heavy atom. The van der Waals surface area contributed by atoms with Crippen molar-refractivity contribution < 1.29 is 14.6 Å². The van der Waals surface area contributed by atoms with Crippen LogP contribution in [-0.2, 0) is 6.61 Å². The van der Waals surface area contributed by atoms with E-state index in [1.54, 1.807) is 43.3 Å². The Balaban J connectivity index is 2.03. The van der Waals surface area contributed by atoms with Crippen LogP contribution in [0.1, 0.15) is 22.2 Å². The summed E-state index contributed by atoms with van der Waals surface area (Å²) >= 11 is 7.05. The number of carbonyl (C=O) groups is 1. The van der Waals surface area contributed by atoms with Gasteiger partial charge >= 0.3 is 0 Å². The summed E-state index contributed by atoms with van der Waals surface area (Å²) in [6.07, 6.45) is -0.574. The van der Waals surface area contributed by atoms with Crippen LogP contribution in [0.25, 0.3) is 0 Å². The van der Waals surface area contributed by atoms with Gasteiger partial charge in [0.05, 0.1) is 15.8 Å². The number of hydrogen-bond acceptors (Lipinski definition) is 4. The average Bonchev–Trinajstić information content (AvgIpc) is 2.85. The van der Waals surface area contributed by atoms with Gasteiger partial charge in [-0.15, -0.1) is 11.3 Å². The molecular weight excluding hydrogens is 284 g/mol. The number of ketones is 1. The molecule has 1 unspecified atom stereocenters. The van der Waals surface area contributed by atoms with Crippen LogP contribution in [0, 0.1) is 0 Å². The highest BCUT2D eigenvalue weighted by Gasteiger charge is 2.18. The molecule has 1 aromatic carbocycles. The molecule has 0 aliphatic heterocycles. The molecule has 0 saturated carbocycles. The summed E-state index contributed by atoms with van der Waals surface area (Å²) < 4.78 is 6.16. The minimum Gasteiger partial charge on any atom is -0.483 e. The summed E-state index contributed by atoms with van der Waals surface area (Å²) in [5, 5.41) is 8.94. The standard InChI is InChI=1S/C14H13ClO3S/c1-9(14(17)12-6-7-13(15)19-12)18-11-4-2-10(8-16)3-5-11/h2-7,9,16H,8H2,1H3. The molecule has 0 bridgehead atoms. The molecule has 0 radical (unpaired) electrons. The summed E-state index contributed by atoms with van der Waals surface area (Å²) in [7, 11) is 0. The lowest BCUT2D eigenvalue weighted by Gasteiger charge is -2.13. The molecular formula is C14H13ClO3S. The lowest BCUT2D eigenvalue weighted by Crippen LogP contribution is -2.23. The Hall–Kier alpha value is -1.36. The Labute approximate surface area is 120 Å². The number of hydrogen-bond donors (Lipinski definition) is 1. The topological polar surface area (TPSA) is 46.5 Å². The molecule has 0 fully saturated rings. The van der Waals surface area contributed by atoms with E-state index >= 15 is 0 Å². The fraction of sp³-hybridized carbons (Fsp3) is 0.214. The van der Waals surface area contributed by atoms with Gasteiger partial charge in [0.2, 0.25) is 5.78 Å². The highest BCUT2D eigenvalue weighted by atomic mass is 35.5. The van der Waals surface area contributed by atoms with Crippen molar-refractivity contribution in [2.75, 3.05) is 0 Å². The van der Waals surface area contributed by atoms with Crippen molar-refractivity contribution in [1.82, 2.24) is 0 Å². The van der Waals surface area contributed by atoms with Crippen molar-refractivity contribution in [3.05, 3.63) is 51.2 Å². The lowest BCUT2D eigenvalue weighted by molar-refractivity contribution is 0.0822. The number of thiophene rings is 1. The van der Waals surface area contributed by atoms with Gasteiger partial charge in [-0.25, -0.2) is 0 Å². The van der Waals surface area contributed by atoms with Gasteiger partial charge in [0, 0.05) is 0 Å². The van der Waals surface area contributed by atoms with Gasteiger partial charge in [-0.05, 0) is 36.8 Å². The summed E-state index contributed by atoms with van der Waals surface area (Å²) in [6.45, 7) is 1.69. The van der Waals surface area contributed by atoms with Crippen molar-refractivity contribution in [1.29, 1.82) is 0 Å². The summed E-state index contributed by atoms with van der Waals surface area (Å²) in [6, 6.07) is 10.4. The second kappa shape index (κ2) is 6.19. The fourth-order valence-corrected chi connectivity index (χ4v) is 2.64. The van der Waals surface area contributed by atoms with E-state index in [1.807, 2.05) is 0 Å². The van der Waals surface area contributed by atoms with Crippen molar-refractivity contribution in [3.63, 3.8) is 0 Å². The number of halogens is 1. The van der Waals surface area contributed by atoms with Crippen molar-refractivity contribution in [2.45, 2.75) is 19.6 Å². The number of aliphatic hydroxyl groups is 1. The molecule has 19 heavy (non-hydrogen) atoms. The highest BCUT2D eigenvalue weighted by molar-refractivity contribution is 7.18. The van der Waals surface area contributed by atoms with Crippen molar-refractivity contribution in [2.24, 2.45) is 0 Å². The number of carbonyl (C=O) groups excluding carboxylic acids is 1. The Morgan fingerprint density at radius 3 is 2.53 bits per heavy atom. The van der Waals surface area contributed by atoms with E-state index in [-0.39, 0.29) is 12.4 Å². The van der Waals surface area contributed by atoms with Crippen LogP contribution in [0.2, 0.25) is 4.34 Å². The third-order valence-electron chi connectivity index (χ3n) is 2.60. The normalized spacial score (nSPS) is 12.2. The second-order valence-electron chi connectivity index (χ2n) is 4.03. The van der Waals surface area contributed by atoms with Gasteiger partial charge in [-0.3, -0.25) is 4.79 Å². The Morgan fingerprint density at radius 1 is 1.32 bits per heavy atom. The van der Waals surface area contributed by atoms with Gasteiger partial charge in [-0.2, -0.15) is 0 Å². The number of benzene rings is 1.